The van der Waals surface area contributed by atoms with Crippen molar-refractivity contribution < 1.29 is 18.3 Å². The number of aromatic nitrogens is 2. The lowest BCUT2D eigenvalue weighted by Crippen LogP contribution is -2.50. The summed E-state index contributed by atoms with van der Waals surface area (Å²) in [6, 6.07) is 13.5. The Morgan fingerprint density at radius 2 is 2.00 bits per heavy atom. The van der Waals surface area contributed by atoms with Gasteiger partial charge >= 0.3 is 6.08 Å². The zero-order valence-corrected chi connectivity index (χ0v) is 19.3. The highest BCUT2D eigenvalue weighted by molar-refractivity contribution is 7.15. The number of aryl methyl sites for hydroxylation is 1. The molecule has 2 aromatic carbocycles. The SMILES string of the molecule is Cc1nc(C(=O)N2CCC[C@@H](C)[C@H]2COc2nc3ccccc3o2)c(-c2ccc(F)cc2)s1. The van der Waals surface area contributed by atoms with E-state index < -0.39 is 0 Å². The number of thiazole rings is 1. The van der Waals surface area contributed by atoms with Gasteiger partial charge in [0.15, 0.2) is 5.58 Å². The normalized spacial score (nSPS) is 18.6. The van der Waals surface area contributed by atoms with Crippen molar-refractivity contribution in [1.29, 1.82) is 0 Å². The Labute approximate surface area is 195 Å². The standard InChI is InChI=1S/C25H24FN3O3S/c1-15-6-5-13-29(20(15)14-31-25-28-19-7-3-4-8-21(19)32-25)24(30)22-23(33-16(2)27-22)17-9-11-18(26)12-10-17/h3-4,7-12,15,20H,5-6,13-14H2,1-2H3/t15-,20-/m1/s1. The van der Waals surface area contributed by atoms with Gasteiger partial charge in [-0.05, 0) is 55.5 Å². The largest absolute Gasteiger partial charge is 0.448 e. The van der Waals surface area contributed by atoms with E-state index in [0.717, 1.165) is 33.8 Å². The van der Waals surface area contributed by atoms with E-state index in [1.807, 2.05) is 36.1 Å². The van der Waals surface area contributed by atoms with Crippen LogP contribution in [0.2, 0.25) is 0 Å². The van der Waals surface area contributed by atoms with Gasteiger partial charge in [-0.15, -0.1) is 11.3 Å². The van der Waals surface area contributed by atoms with Crippen LogP contribution in [0.3, 0.4) is 0 Å². The molecular weight excluding hydrogens is 441 g/mol. The molecule has 33 heavy (non-hydrogen) atoms. The number of benzene rings is 2. The molecule has 170 valence electrons. The summed E-state index contributed by atoms with van der Waals surface area (Å²) >= 11 is 1.44. The summed E-state index contributed by atoms with van der Waals surface area (Å²) in [5.74, 6) is -0.188. The van der Waals surface area contributed by atoms with Crippen molar-refractivity contribution in [3.63, 3.8) is 0 Å². The van der Waals surface area contributed by atoms with Crippen LogP contribution in [0.4, 0.5) is 4.39 Å². The Kier molecular flexibility index (Phi) is 5.85. The second-order valence-corrected chi connectivity index (χ2v) is 9.56. The summed E-state index contributed by atoms with van der Waals surface area (Å²) < 4.78 is 25.0. The van der Waals surface area contributed by atoms with Crippen molar-refractivity contribution in [1.82, 2.24) is 14.9 Å². The average Bonchev–Trinajstić information content (AvgIpc) is 3.41. The summed E-state index contributed by atoms with van der Waals surface area (Å²) in [4.78, 5) is 25.2. The molecule has 0 N–H and O–H groups in total. The maximum Gasteiger partial charge on any atom is 0.394 e. The minimum absolute atomic E-state index is 0.128. The third kappa shape index (κ3) is 4.35. The van der Waals surface area contributed by atoms with E-state index in [1.54, 1.807) is 12.1 Å². The van der Waals surface area contributed by atoms with E-state index >= 15 is 0 Å². The van der Waals surface area contributed by atoms with Crippen LogP contribution >= 0.6 is 11.3 Å². The number of piperidine rings is 1. The van der Waals surface area contributed by atoms with Gasteiger partial charge in [-0.25, -0.2) is 9.37 Å². The number of halogens is 1. The van der Waals surface area contributed by atoms with Crippen molar-refractivity contribution in [2.24, 2.45) is 5.92 Å². The van der Waals surface area contributed by atoms with E-state index in [0.29, 0.717) is 17.8 Å². The number of ether oxygens (including phenoxy) is 1. The number of rotatable bonds is 5. The average molecular weight is 466 g/mol. The Bertz CT molecular complexity index is 1250. The zero-order chi connectivity index (χ0) is 22.9. The molecule has 1 fully saturated rings. The van der Waals surface area contributed by atoms with Crippen LogP contribution in [0.25, 0.3) is 21.5 Å². The predicted molar refractivity (Wildman–Crippen MR) is 125 cm³/mol. The minimum atomic E-state index is -0.311. The van der Waals surface area contributed by atoms with E-state index in [4.69, 9.17) is 9.15 Å². The van der Waals surface area contributed by atoms with E-state index in [2.05, 4.69) is 16.9 Å². The molecular formula is C25H24FN3O3S. The number of nitrogens with zero attached hydrogens (tertiary/aromatic N) is 3. The molecule has 0 radical (unpaired) electrons. The molecule has 0 bridgehead atoms. The zero-order valence-electron chi connectivity index (χ0n) is 18.5. The van der Waals surface area contributed by atoms with Gasteiger partial charge in [-0.1, -0.05) is 31.2 Å². The van der Waals surface area contributed by atoms with Crippen LogP contribution in [0, 0.1) is 18.7 Å². The summed E-state index contributed by atoms with van der Waals surface area (Å²) in [7, 11) is 0. The van der Waals surface area contributed by atoms with Gasteiger partial charge in [0.1, 0.15) is 23.6 Å². The molecule has 8 heteroatoms. The van der Waals surface area contributed by atoms with Crippen LogP contribution < -0.4 is 4.74 Å². The molecule has 1 amide bonds. The monoisotopic (exact) mass is 465 g/mol. The number of fused-ring (bicyclic) bond motifs is 1. The number of hydrogen-bond donors (Lipinski definition) is 0. The number of likely N-dealkylation sites (tertiary alicyclic amines) is 1. The van der Waals surface area contributed by atoms with Gasteiger partial charge in [0.05, 0.1) is 15.9 Å². The Morgan fingerprint density at radius 1 is 1.21 bits per heavy atom. The maximum atomic E-state index is 13.7. The summed E-state index contributed by atoms with van der Waals surface area (Å²) in [5.41, 5.74) is 2.60. The first-order chi connectivity index (χ1) is 16.0. The highest BCUT2D eigenvalue weighted by atomic mass is 32.1. The summed E-state index contributed by atoms with van der Waals surface area (Å²) in [5, 5.41) is 0.794. The number of hydrogen-bond acceptors (Lipinski definition) is 6. The summed E-state index contributed by atoms with van der Waals surface area (Å²) in [6.07, 6.45) is 2.13. The highest BCUT2D eigenvalue weighted by Crippen LogP contribution is 2.33. The molecule has 0 aliphatic carbocycles. The van der Waals surface area contributed by atoms with Crippen LogP contribution in [0.5, 0.6) is 6.08 Å². The van der Waals surface area contributed by atoms with Crippen LogP contribution in [-0.4, -0.2) is 40.0 Å². The number of carbonyl (C=O) groups excluding carboxylic acids is 1. The molecule has 1 aliphatic heterocycles. The molecule has 3 heterocycles. The summed E-state index contributed by atoms with van der Waals surface area (Å²) in [6.45, 7) is 4.92. The molecule has 1 saturated heterocycles. The Morgan fingerprint density at radius 3 is 2.79 bits per heavy atom. The van der Waals surface area contributed by atoms with Crippen molar-refractivity contribution in [2.45, 2.75) is 32.7 Å². The smallest absolute Gasteiger partial charge is 0.394 e. The quantitative estimate of drug-likeness (QED) is 0.377. The van der Waals surface area contributed by atoms with Gasteiger partial charge in [0.2, 0.25) is 0 Å². The van der Waals surface area contributed by atoms with Crippen molar-refractivity contribution in [3.05, 3.63) is 65.0 Å². The van der Waals surface area contributed by atoms with Gasteiger partial charge < -0.3 is 14.1 Å². The van der Waals surface area contributed by atoms with Gasteiger partial charge in [0, 0.05) is 6.54 Å². The van der Waals surface area contributed by atoms with Crippen LogP contribution in [-0.2, 0) is 0 Å². The second kappa shape index (κ2) is 8.94. The fraction of sp³-hybridized carbons (Fsp3) is 0.320. The lowest BCUT2D eigenvalue weighted by atomic mass is 9.91. The van der Waals surface area contributed by atoms with E-state index in [-0.39, 0.29) is 36.4 Å². The predicted octanol–water partition coefficient (Wildman–Crippen LogP) is 5.72. The number of carbonyl (C=O) groups is 1. The molecule has 2 aromatic heterocycles. The van der Waals surface area contributed by atoms with Crippen LogP contribution in [0.1, 0.15) is 35.3 Å². The highest BCUT2D eigenvalue weighted by Gasteiger charge is 2.35. The molecule has 0 unspecified atom stereocenters. The Balaban J connectivity index is 1.39. The minimum Gasteiger partial charge on any atom is -0.448 e. The molecule has 4 aromatic rings. The maximum absolute atomic E-state index is 13.7. The molecule has 0 saturated carbocycles. The second-order valence-electron chi connectivity index (χ2n) is 8.36. The molecule has 1 aliphatic rings. The van der Waals surface area contributed by atoms with Crippen molar-refractivity contribution in [3.8, 4) is 16.5 Å². The lowest BCUT2D eigenvalue weighted by Gasteiger charge is -2.39. The number of oxazole rings is 1. The van der Waals surface area contributed by atoms with Gasteiger partial charge in [-0.3, -0.25) is 4.79 Å². The molecule has 2 atom stereocenters. The fourth-order valence-electron chi connectivity index (χ4n) is 4.33. The van der Waals surface area contributed by atoms with Crippen LogP contribution in [0.15, 0.2) is 52.9 Å². The first-order valence-corrected chi connectivity index (χ1v) is 11.8. The fourth-order valence-corrected chi connectivity index (χ4v) is 5.25. The van der Waals surface area contributed by atoms with Crippen molar-refractivity contribution in [2.75, 3.05) is 13.2 Å². The van der Waals surface area contributed by atoms with Gasteiger partial charge in [-0.2, -0.15) is 4.98 Å². The third-order valence-corrected chi connectivity index (χ3v) is 7.09. The molecule has 6 nitrogen and oxygen atoms in total. The molecule has 5 rings (SSSR count). The Hall–Kier alpha value is -3.26. The number of amides is 1. The van der Waals surface area contributed by atoms with Gasteiger partial charge in [0.25, 0.3) is 5.91 Å². The van der Waals surface area contributed by atoms with Crippen molar-refractivity contribution >= 4 is 28.3 Å². The number of para-hydroxylation sites is 2. The van der Waals surface area contributed by atoms with E-state index in [9.17, 15) is 9.18 Å². The first-order valence-electron chi connectivity index (χ1n) is 11.0. The van der Waals surface area contributed by atoms with E-state index in [1.165, 1.54) is 23.5 Å². The lowest BCUT2D eigenvalue weighted by molar-refractivity contribution is 0.0351. The first kappa shape index (κ1) is 21.6. The molecule has 0 spiro atoms. The topological polar surface area (TPSA) is 68.5 Å². The third-order valence-electron chi connectivity index (χ3n) is 6.07.